The van der Waals surface area contributed by atoms with Gasteiger partial charge in [-0.05, 0) is 13.6 Å². The van der Waals surface area contributed by atoms with Crippen molar-refractivity contribution in [1.82, 2.24) is 4.90 Å². The smallest absolute Gasteiger partial charge is 0 e. The van der Waals surface area contributed by atoms with Gasteiger partial charge in [0.2, 0.25) is 0 Å². The summed E-state index contributed by atoms with van der Waals surface area (Å²) in [6, 6.07) is 0. The fourth-order valence-electron chi connectivity index (χ4n) is 0.274. The monoisotopic (exact) mass is 306 g/mol. The van der Waals surface area contributed by atoms with Crippen LogP contribution in [-0.2, 0) is 0 Å². The van der Waals surface area contributed by atoms with Crippen LogP contribution in [0.3, 0.4) is 0 Å². The summed E-state index contributed by atoms with van der Waals surface area (Å²) in [4.78, 5) is 2.00. The molecule has 1 heterocycles. The fraction of sp³-hybridized carbons (Fsp3) is 0.500. The number of nitrogens with zero attached hydrogens (tertiary/aromatic N) is 1. The Morgan fingerprint density at radius 1 is 1.83 bits per heavy atom. The first kappa shape index (κ1) is 6.59. The first-order chi connectivity index (χ1) is 2.39. The standard InChI is InChI=1S/C4H6N.U/c1-5-3-2-4-5;/h2H,3H2,1H3;/q-1;. The summed E-state index contributed by atoms with van der Waals surface area (Å²) in [6.07, 6.45) is 4.92. The second kappa shape index (κ2) is 2.71. The van der Waals surface area contributed by atoms with E-state index in [1.165, 1.54) is 0 Å². The van der Waals surface area contributed by atoms with Crippen molar-refractivity contribution in [2.45, 2.75) is 0 Å². The zero-order valence-electron chi connectivity index (χ0n) is 3.73. The number of hydrogen-bond acceptors (Lipinski definition) is 1. The molecule has 0 atom stereocenters. The van der Waals surface area contributed by atoms with Gasteiger partial charge in [0.05, 0.1) is 0 Å². The van der Waals surface area contributed by atoms with Crippen LogP contribution < -0.4 is 0 Å². The largest absolute Gasteiger partial charge is 0.556 e. The molecule has 1 aliphatic heterocycles. The molecule has 0 radical (unpaired) electrons. The minimum Gasteiger partial charge on any atom is -0.556 e. The van der Waals surface area contributed by atoms with E-state index in [-0.39, 0.29) is 31.1 Å². The molecule has 0 saturated heterocycles. The van der Waals surface area contributed by atoms with Crippen LogP contribution in [0.2, 0.25) is 0 Å². The van der Waals surface area contributed by atoms with Gasteiger partial charge in [0.15, 0.2) is 0 Å². The molecule has 1 aliphatic rings. The van der Waals surface area contributed by atoms with Crippen LogP contribution >= 0.6 is 0 Å². The summed E-state index contributed by atoms with van der Waals surface area (Å²) in [6.45, 7) is 1.08. The van der Waals surface area contributed by atoms with Crippen LogP contribution in [0.25, 0.3) is 0 Å². The maximum Gasteiger partial charge on any atom is 0 e. The van der Waals surface area contributed by atoms with E-state index >= 15 is 0 Å². The molecule has 1 rings (SSSR count). The van der Waals surface area contributed by atoms with Gasteiger partial charge in [0.1, 0.15) is 0 Å². The zero-order valence-corrected chi connectivity index (χ0v) is 7.90. The van der Waals surface area contributed by atoms with Crippen molar-refractivity contribution < 1.29 is 31.1 Å². The summed E-state index contributed by atoms with van der Waals surface area (Å²) in [5.74, 6) is 0. The quantitative estimate of drug-likeness (QED) is 0.580. The number of rotatable bonds is 0. The molecule has 0 fully saturated rings. The van der Waals surface area contributed by atoms with E-state index in [9.17, 15) is 0 Å². The third kappa shape index (κ3) is 1.36. The Morgan fingerprint density at radius 2 is 2.17 bits per heavy atom. The van der Waals surface area contributed by atoms with Gasteiger partial charge >= 0.3 is 0 Å². The third-order valence-corrected chi connectivity index (χ3v) is 0.677. The fourth-order valence-corrected chi connectivity index (χ4v) is 0.274. The summed E-state index contributed by atoms with van der Waals surface area (Å²) >= 11 is 0. The molecule has 6 heavy (non-hydrogen) atoms. The second-order valence-electron chi connectivity index (χ2n) is 1.21. The summed E-state index contributed by atoms with van der Waals surface area (Å²) in [5, 5.41) is 0. The van der Waals surface area contributed by atoms with E-state index in [1.54, 1.807) is 0 Å². The van der Waals surface area contributed by atoms with E-state index in [1.807, 2.05) is 18.0 Å². The van der Waals surface area contributed by atoms with E-state index in [0.29, 0.717) is 0 Å². The Hall–Kier alpha value is 0.592. The van der Waals surface area contributed by atoms with Crippen molar-refractivity contribution in [3.8, 4) is 0 Å². The molecule has 0 unspecified atom stereocenters. The Kier molecular flexibility index (Phi) is 2.98. The van der Waals surface area contributed by atoms with Crippen molar-refractivity contribution in [2.75, 3.05) is 13.6 Å². The van der Waals surface area contributed by atoms with E-state index in [2.05, 4.69) is 6.20 Å². The molecule has 0 N–H and O–H groups in total. The van der Waals surface area contributed by atoms with Crippen LogP contribution in [0.1, 0.15) is 0 Å². The average Bonchev–Trinajstić information content (AvgIpc) is 1.30. The SMILES string of the molecule is CN1[C-]=CC1.[U]. The molecule has 32 valence electrons. The van der Waals surface area contributed by atoms with E-state index in [0.717, 1.165) is 6.54 Å². The van der Waals surface area contributed by atoms with Crippen LogP contribution in [0, 0.1) is 37.3 Å². The molecule has 2 heteroatoms. The van der Waals surface area contributed by atoms with Crippen molar-refractivity contribution >= 4 is 0 Å². The molecule has 0 aromatic carbocycles. The van der Waals surface area contributed by atoms with Crippen molar-refractivity contribution in [2.24, 2.45) is 0 Å². The van der Waals surface area contributed by atoms with Crippen molar-refractivity contribution in [3.63, 3.8) is 0 Å². The van der Waals surface area contributed by atoms with Gasteiger partial charge in [-0.25, -0.2) is 6.08 Å². The zero-order chi connectivity index (χ0) is 3.70. The summed E-state index contributed by atoms with van der Waals surface area (Å²) in [5.41, 5.74) is 0. The molecule has 0 bridgehead atoms. The molecule has 0 spiro atoms. The maximum atomic E-state index is 2.92. The molecule has 0 aliphatic carbocycles. The summed E-state index contributed by atoms with van der Waals surface area (Å²) in [7, 11) is 2.00. The molecule has 0 aromatic rings. The Bertz CT molecular complexity index is 60.6. The van der Waals surface area contributed by atoms with Gasteiger partial charge < -0.3 is 11.1 Å². The molecule has 0 amide bonds. The van der Waals surface area contributed by atoms with Crippen LogP contribution in [0.4, 0.5) is 0 Å². The summed E-state index contributed by atoms with van der Waals surface area (Å²) < 4.78 is 0. The number of likely N-dealkylation sites (N-methyl/N-ethyl adjacent to an activating group) is 1. The van der Waals surface area contributed by atoms with Crippen LogP contribution in [0.5, 0.6) is 0 Å². The predicted octanol–water partition coefficient (Wildman–Crippen LogP) is 0.249. The molecule has 1 nitrogen and oxygen atoms in total. The third-order valence-electron chi connectivity index (χ3n) is 0.677. The predicted molar refractivity (Wildman–Crippen MR) is 20.4 cm³/mol. The minimum absolute atomic E-state index is 0. The van der Waals surface area contributed by atoms with Gasteiger partial charge in [-0.1, -0.05) is 0 Å². The molecule has 0 saturated carbocycles. The van der Waals surface area contributed by atoms with Gasteiger partial charge in [-0.2, -0.15) is 0 Å². The van der Waals surface area contributed by atoms with Gasteiger partial charge in [-0.15, -0.1) is 0 Å². The van der Waals surface area contributed by atoms with Crippen molar-refractivity contribution in [3.05, 3.63) is 12.3 Å². The normalized spacial score (nSPS) is 15.8. The first-order valence-corrected chi connectivity index (χ1v) is 1.68. The molecule has 0 aromatic heterocycles. The Balaban J connectivity index is 0.000000250. The van der Waals surface area contributed by atoms with Crippen LogP contribution in [-0.4, -0.2) is 18.5 Å². The number of hydrogen-bond donors (Lipinski definition) is 0. The Labute approximate surface area is 61.8 Å². The van der Waals surface area contributed by atoms with E-state index in [4.69, 9.17) is 0 Å². The molecular weight excluding hydrogens is 300 g/mol. The minimum atomic E-state index is 0. The second-order valence-corrected chi connectivity index (χ2v) is 1.21. The first-order valence-electron chi connectivity index (χ1n) is 1.68. The van der Waals surface area contributed by atoms with Gasteiger partial charge in [-0.3, -0.25) is 0 Å². The van der Waals surface area contributed by atoms with E-state index < -0.39 is 0 Å². The van der Waals surface area contributed by atoms with Gasteiger partial charge in [0, 0.05) is 31.1 Å². The topological polar surface area (TPSA) is 3.24 Å². The van der Waals surface area contributed by atoms with Crippen LogP contribution in [0.15, 0.2) is 6.08 Å². The molecular formula is C4H6NU-. The Morgan fingerprint density at radius 3 is 2.17 bits per heavy atom. The maximum absolute atomic E-state index is 2.92. The average molecular weight is 306 g/mol. The van der Waals surface area contributed by atoms with Gasteiger partial charge in [0.25, 0.3) is 0 Å². The van der Waals surface area contributed by atoms with Crippen molar-refractivity contribution in [1.29, 1.82) is 0 Å².